The van der Waals surface area contributed by atoms with Crippen LogP contribution in [0.15, 0.2) is 22.8 Å². The second-order valence-corrected chi connectivity index (χ2v) is 7.34. The molecule has 1 aliphatic rings. The van der Waals surface area contributed by atoms with E-state index < -0.39 is 0 Å². The van der Waals surface area contributed by atoms with Crippen LogP contribution in [0.4, 0.5) is 0 Å². The summed E-state index contributed by atoms with van der Waals surface area (Å²) in [6.07, 6.45) is 9.22. The van der Waals surface area contributed by atoms with E-state index in [0.717, 1.165) is 69.8 Å². The Kier molecular flexibility index (Phi) is 10.7. The topological polar surface area (TPSA) is 40.9 Å². The molecule has 0 atom stereocenters. The van der Waals surface area contributed by atoms with Gasteiger partial charge in [-0.25, -0.2) is 0 Å². The van der Waals surface area contributed by atoms with Gasteiger partial charge >= 0.3 is 0 Å². The van der Waals surface area contributed by atoms with E-state index in [1.807, 2.05) is 12.1 Å². The minimum absolute atomic E-state index is 0.734. The Morgan fingerprint density at radius 3 is 2.73 bits per heavy atom. The van der Waals surface area contributed by atoms with Crippen LogP contribution < -0.4 is 5.32 Å². The average Bonchev–Trinajstić information content (AvgIpc) is 3.17. The maximum Gasteiger partial charge on any atom is 0.169 e. The number of thiocarbonyl (C=S) groups is 1. The summed E-state index contributed by atoms with van der Waals surface area (Å²) in [5.74, 6) is 0.962. The zero-order chi connectivity index (χ0) is 18.5. The van der Waals surface area contributed by atoms with E-state index in [0.29, 0.717) is 0 Å². The average molecular weight is 382 g/mol. The molecule has 0 aliphatic carbocycles. The van der Waals surface area contributed by atoms with Gasteiger partial charge in [-0.1, -0.05) is 32.6 Å². The summed E-state index contributed by atoms with van der Waals surface area (Å²) in [6.45, 7) is 9.77. The summed E-state index contributed by atoms with van der Waals surface area (Å²) in [7, 11) is 0. The molecule has 0 amide bonds. The molecule has 1 aromatic rings. The number of nitrogens with one attached hydrogen (secondary N) is 1. The lowest BCUT2D eigenvalue weighted by Gasteiger charge is -2.29. The lowest BCUT2D eigenvalue weighted by Crippen LogP contribution is -2.42. The highest BCUT2D eigenvalue weighted by Gasteiger charge is 2.14. The lowest BCUT2D eigenvalue weighted by atomic mass is 10.1. The van der Waals surface area contributed by atoms with Crippen LogP contribution in [-0.4, -0.2) is 60.8 Å². The Labute approximate surface area is 164 Å². The summed E-state index contributed by atoms with van der Waals surface area (Å²) >= 11 is 5.66. The number of hydrogen-bond donors (Lipinski definition) is 1. The predicted molar refractivity (Wildman–Crippen MR) is 110 cm³/mol. The summed E-state index contributed by atoms with van der Waals surface area (Å²) in [5.41, 5.74) is 0. The van der Waals surface area contributed by atoms with Crippen molar-refractivity contribution in [3.05, 3.63) is 24.2 Å². The van der Waals surface area contributed by atoms with Crippen molar-refractivity contribution in [3.8, 4) is 0 Å². The van der Waals surface area contributed by atoms with Gasteiger partial charge in [-0.2, -0.15) is 0 Å². The zero-order valence-corrected chi connectivity index (χ0v) is 17.1. The van der Waals surface area contributed by atoms with E-state index >= 15 is 0 Å². The van der Waals surface area contributed by atoms with Crippen molar-refractivity contribution in [3.63, 3.8) is 0 Å². The van der Waals surface area contributed by atoms with Gasteiger partial charge in [0.15, 0.2) is 5.11 Å². The number of ether oxygens (including phenoxy) is 1. The lowest BCUT2D eigenvalue weighted by molar-refractivity contribution is 0.0367. The Hall–Kier alpha value is -1.11. The van der Waals surface area contributed by atoms with Gasteiger partial charge in [-0.05, 0) is 37.2 Å². The largest absolute Gasteiger partial charge is 0.467 e. The van der Waals surface area contributed by atoms with Gasteiger partial charge in [0.25, 0.3) is 0 Å². The van der Waals surface area contributed by atoms with Gasteiger partial charge in [0.1, 0.15) is 5.76 Å². The minimum atomic E-state index is 0.734. The third kappa shape index (κ3) is 8.52. The van der Waals surface area contributed by atoms with Gasteiger partial charge in [0.2, 0.25) is 0 Å². The number of unbranched alkanes of at least 4 members (excludes halogenated alkanes) is 4. The highest BCUT2D eigenvalue weighted by atomic mass is 32.1. The molecule has 1 N–H and O–H groups in total. The quantitative estimate of drug-likeness (QED) is 0.440. The third-order valence-electron chi connectivity index (χ3n) is 4.78. The fourth-order valence-corrected chi connectivity index (χ4v) is 3.45. The molecular weight excluding hydrogens is 346 g/mol. The van der Waals surface area contributed by atoms with Crippen molar-refractivity contribution in [1.29, 1.82) is 0 Å². The van der Waals surface area contributed by atoms with Crippen molar-refractivity contribution < 1.29 is 9.15 Å². The standard InChI is InChI=1S/C20H35N3O2S/c1-2-3-4-5-6-10-21-20(26)23(18-19-9-7-15-25-19)12-8-11-22-13-16-24-17-14-22/h7,9,15H,2-6,8,10-14,16-18H2,1H3,(H,21,26). The number of nitrogens with zero attached hydrogens (tertiary/aromatic N) is 2. The molecule has 0 bridgehead atoms. The van der Waals surface area contributed by atoms with Gasteiger partial charge in [0, 0.05) is 32.7 Å². The van der Waals surface area contributed by atoms with E-state index in [4.69, 9.17) is 21.4 Å². The van der Waals surface area contributed by atoms with Gasteiger partial charge in [0.05, 0.1) is 26.0 Å². The van der Waals surface area contributed by atoms with Crippen LogP contribution in [0.1, 0.15) is 51.2 Å². The molecule has 148 valence electrons. The Bertz CT molecular complexity index is 475. The van der Waals surface area contributed by atoms with E-state index in [-0.39, 0.29) is 0 Å². The van der Waals surface area contributed by atoms with Gasteiger partial charge < -0.3 is 19.4 Å². The highest BCUT2D eigenvalue weighted by molar-refractivity contribution is 7.80. The number of morpholine rings is 1. The summed E-state index contributed by atoms with van der Waals surface area (Å²) in [4.78, 5) is 4.71. The second-order valence-electron chi connectivity index (χ2n) is 6.95. The molecule has 26 heavy (non-hydrogen) atoms. The maximum atomic E-state index is 5.66. The molecular formula is C20H35N3O2S. The first-order chi connectivity index (χ1) is 12.8. The molecule has 0 saturated carbocycles. The smallest absolute Gasteiger partial charge is 0.169 e. The molecule has 1 fully saturated rings. The molecule has 2 heterocycles. The zero-order valence-electron chi connectivity index (χ0n) is 16.3. The van der Waals surface area contributed by atoms with E-state index in [1.165, 1.54) is 32.1 Å². The third-order valence-corrected chi connectivity index (χ3v) is 5.18. The second kappa shape index (κ2) is 13.1. The van der Waals surface area contributed by atoms with Crippen molar-refractivity contribution in [2.45, 2.75) is 52.0 Å². The monoisotopic (exact) mass is 381 g/mol. The first-order valence-electron chi connectivity index (χ1n) is 10.1. The van der Waals surface area contributed by atoms with Gasteiger partial charge in [-0.15, -0.1) is 0 Å². The van der Waals surface area contributed by atoms with Crippen LogP contribution >= 0.6 is 12.2 Å². The Balaban J connectivity index is 1.71. The van der Waals surface area contributed by atoms with Gasteiger partial charge in [-0.3, -0.25) is 4.90 Å². The van der Waals surface area contributed by atoms with E-state index in [1.54, 1.807) is 6.26 Å². The highest BCUT2D eigenvalue weighted by Crippen LogP contribution is 2.08. The molecule has 1 saturated heterocycles. The molecule has 1 aliphatic heterocycles. The Morgan fingerprint density at radius 2 is 2.00 bits per heavy atom. The summed E-state index contributed by atoms with van der Waals surface area (Å²) < 4.78 is 10.9. The van der Waals surface area contributed by atoms with Crippen LogP contribution in [0.25, 0.3) is 0 Å². The normalized spacial score (nSPS) is 15.1. The molecule has 2 rings (SSSR count). The molecule has 1 aromatic heterocycles. The summed E-state index contributed by atoms with van der Waals surface area (Å²) in [5, 5.41) is 4.29. The Morgan fingerprint density at radius 1 is 1.19 bits per heavy atom. The van der Waals surface area contributed by atoms with Crippen LogP contribution in [0.5, 0.6) is 0 Å². The van der Waals surface area contributed by atoms with E-state index in [2.05, 4.69) is 22.0 Å². The van der Waals surface area contributed by atoms with Crippen molar-refractivity contribution in [2.24, 2.45) is 0 Å². The van der Waals surface area contributed by atoms with Crippen LogP contribution in [-0.2, 0) is 11.3 Å². The van der Waals surface area contributed by atoms with Crippen molar-refractivity contribution in [1.82, 2.24) is 15.1 Å². The summed E-state index contributed by atoms with van der Waals surface area (Å²) in [6, 6.07) is 3.95. The molecule has 6 heteroatoms. The maximum absolute atomic E-state index is 5.66. The number of furan rings is 1. The first kappa shape index (κ1) is 21.2. The fourth-order valence-electron chi connectivity index (χ4n) is 3.19. The van der Waals surface area contributed by atoms with E-state index in [9.17, 15) is 0 Å². The van der Waals surface area contributed by atoms with Crippen molar-refractivity contribution in [2.75, 3.05) is 45.9 Å². The predicted octanol–water partition coefficient (Wildman–Crippen LogP) is 3.65. The molecule has 0 unspecified atom stereocenters. The molecule has 0 radical (unpaired) electrons. The fraction of sp³-hybridized carbons (Fsp3) is 0.750. The SMILES string of the molecule is CCCCCCCNC(=S)N(CCCN1CCOCC1)Cc1ccco1. The first-order valence-corrected chi connectivity index (χ1v) is 10.6. The molecule has 0 aromatic carbocycles. The molecule has 5 nitrogen and oxygen atoms in total. The van der Waals surface area contributed by atoms with Crippen LogP contribution in [0.2, 0.25) is 0 Å². The number of rotatable bonds is 12. The number of hydrogen-bond acceptors (Lipinski definition) is 4. The van der Waals surface area contributed by atoms with Crippen LogP contribution in [0, 0.1) is 0 Å². The molecule has 0 spiro atoms. The van der Waals surface area contributed by atoms with Crippen LogP contribution in [0.3, 0.4) is 0 Å². The minimum Gasteiger partial charge on any atom is -0.467 e. The van der Waals surface area contributed by atoms with Crippen molar-refractivity contribution >= 4 is 17.3 Å².